The quantitative estimate of drug-likeness (QED) is 0.531. The van der Waals surface area contributed by atoms with E-state index in [1.54, 1.807) is 0 Å². The van der Waals surface area contributed by atoms with Crippen molar-refractivity contribution >= 4 is 5.84 Å². The summed E-state index contributed by atoms with van der Waals surface area (Å²) in [5.74, 6) is 1.51. The summed E-state index contributed by atoms with van der Waals surface area (Å²) in [5, 5.41) is 3.91. The average molecular weight is 154 g/mol. The van der Waals surface area contributed by atoms with Crippen molar-refractivity contribution in [2.45, 2.75) is 20.8 Å². The van der Waals surface area contributed by atoms with E-state index in [2.05, 4.69) is 32.5 Å². The number of nitrogens with zero attached hydrogens (tertiary/aromatic N) is 2. The molecule has 0 radical (unpaired) electrons. The van der Waals surface area contributed by atoms with Crippen LogP contribution in [0.15, 0.2) is 17.6 Å². The molecule has 1 heterocycles. The van der Waals surface area contributed by atoms with E-state index >= 15 is 0 Å². The van der Waals surface area contributed by atoms with Gasteiger partial charge in [-0.2, -0.15) is 0 Å². The first-order chi connectivity index (χ1) is 4.93. The smallest absolute Gasteiger partial charge is 0.223 e. The number of amidine groups is 1. The Labute approximate surface area is 67.3 Å². The van der Waals surface area contributed by atoms with Gasteiger partial charge in [0.1, 0.15) is 0 Å². The Bertz CT molecular complexity index is 213. The van der Waals surface area contributed by atoms with Crippen molar-refractivity contribution in [2.75, 3.05) is 7.05 Å². The summed E-state index contributed by atoms with van der Waals surface area (Å²) in [5.41, 5.74) is 0.0220. The predicted octanol–water partition coefficient (Wildman–Crippen LogP) is 1.78. The molecule has 1 aliphatic rings. The Balaban J connectivity index is 2.84. The van der Waals surface area contributed by atoms with Crippen molar-refractivity contribution in [1.29, 1.82) is 0 Å². The van der Waals surface area contributed by atoms with E-state index in [-0.39, 0.29) is 5.41 Å². The Hall–Kier alpha value is -0.990. The maximum absolute atomic E-state index is 4.92. The van der Waals surface area contributed by atoms with Gasteiger partial charge in [0.25, 0.3) is 0 Å². The van der Waals surface area contributed by atoms with Crippen LogP contribution in [0.2, 0.25) is 0 Å². The molecule has 0 amide bonds. The highest BCUT2D eigenvalue weighted by molar-refractivity contribution is 5.88. The molecule has 0 fully saturated rings. The van der Waals surface area contributed by atoms with Gasteiger partial charge in [-0.05, 0) is 6.58 Å². The van der Waals surface area contributed by atoms with E-state index in [0.29, 0.717) is 5.88 Å². The molecular formula is C8H14N2O. The summed E-state index contributed by atoms with van der Waals surface area (Å²) in [6.45, 7) is 9.95. The fourth-order valence-electron chi connectivity index (χ4n) is 0.977. The fraction of sp³-hybridized carbons (Fsp3) is 0.625. The van der Waals surface area contributed by atoms with Crippen LogP contribution in [0.3, 0.4) is 0 Å². The van der Waals surface area contributed by atoms with Crippen molar-refractivity contribution in [3.8, 4) is 0 Å². The van der Waals surface area contributed by atoms with Crippen LogP contribution in [0, 0.1) is 5.41 Å². The Morgan fingerprint density at radius 2 is 2.00 bits per heavy atom. The van der Waals surface area contributed by atoms with Gasteiger partial charge in [-0.1, -0.05) is 25.9 Å². The van der Waals surface area contributed by atoms with Crippen LogP contribution in [-0.2, 0) is 4.84 Å². The fourth-order valence-corrected chi connectivity index (χ4v) is 0.977. The molecule has 0 saturated carbocycles. The second-order valence-corrected chi connectivity index (χ2v) is 3.71. The molecule has 1 aliphatic heterocycles. The molecule has 3 nitrogen and oxygen atoms in total. The normalized spacial score (nSPS) is 18.4. The minimum Gasteiger partial charge on any atom is -0.337 e. The maximum atomic E-state index is 4.92. The van der Waals surface area contributed by atoms with Crippen LogP contribution in [0.1, 0.15) is 20.8 Å². The van der Waals surface area contributed by atoms with E-state index < -0.39 is 0 Å². The number of rotatable bonds is 0. The minimum absolute atomic E-state index is 0.0220. The molecule has 0 N–H and O–H groups in total. The third-order valence-electron chi connectivity index (χ3n) is 1.60. The highest BCUT2D eigenvalue weighted by Gasteiger charge is 2.29. The summed E-state index contributed by atoms with van der Waals surface area (Å²) in [6, 6.07) is 0. The monoisotopic (exact) mass is 154 g/mol. The Morgan fingerprint density at radius 1 is 1.45 bits per heavy atom. The van der Waals surface area contributed by atoms with Gasteiger partial charge in [-0.15, -0.1) is 0 Å². The molecule has 62 valence electrons. The van der Waals surface area contributed by atoms with Gasteiger partial charge in [0.2, 0.25) is 5.88 Å². The summed E-state index contributed by atoms with van der Waals surface area (Å²) < 4.78 is 0. The molecule has 0 aromatic carbocycles. The highest BCUT2D eigenvalue weighted by Crippen LogP contribution is 2.25. The lowest BCUT2D eigenvalue weighted by Crippen LogP contribution is -2.32. The molecule has 11 heavy (non-hydrogen) atoms. The standard InChI is InChI=1S/C8H14N2O/c1-6-10(5)7(9-11-6)8(2,3)4/h1H2,2-5H3. The zero-order chi connectivity index (χ0) is 8.65. The van der Waals surface area contributed by atoms with Gasteiger partial charge in [0.05, 0.1) is 0 Å². The topological polar surface area (TPSA) is 24.8 Å². The second kappa shape index (κ2) is 2.26. The van der Waals surface area contributed by atoms with Crippen molar-refractivity contribution in [1.82, 2.24) is 4.90 Å². The molecule has 0 saturated heterocycles. The third kappa shape index (κ3) is 1.37. The summed E-state index contributed by atoms with van der Waals surface area (Å²) in [4.78, 5) is 6.78. The van der Waals surface area contributed by atoms with Gasteiger partial charge < -0.3 is 4.84 Å². The lowest BCUT2D eigenvalue weighted by molar-refractivity contribution is 0.209. The summed E-state index contributed by atoms with van der Waals surface area (Å²) in [7, 11) is 1.90. The zero-order valence-corrected chi connectivity index (χ0v) is 7.51. The van der Waals surface area contributed by atoms with E-state index in [0.717, 1.165) is 5.84 Å². The molecule has 0 spiro atoms. The van der Waals surface area contributed by atoms with Crippen LogP contribution in [0.25, 0.3) is 0 Å². The summed E-state index contributed by atoms with van der Waals surface area (Å²) in [6.07, 6.45) is 0. The predicted molar refractivity (Wildman–Crippen MR) is 44.9 cm³/mol. The van der Waals surface area contributed by atoms with Crippen molar-refractivity contribution in [2.24, 2.45) is 10.6 Å². The van der Waals surface area contributed by atoms with E-state index in [4.69, 9.17) is 4.84 Å². The van der Waals surface area contributed by atoms with E-state index in [9.17, 15) is 0 Å². The van der Waals surface area contributed by atoms with Crippen LogP contribution < -0.4 is 0 Å². The molecule has 0 atom stereocenters. The average Bonchev–Trinajstić information content (AvgIpc) is 2.11. The van der Waals surface area contributed by atoms with Gasteiger partial charge in [-0.25, -0.2) is 0 Å². The number of oxime groups is 1. The zero-order valence-electron chi connectivity index (χ0n) is 7.51. The third-order valence-corrected chi connectivity index (χ3v) is 1.60. The molecule has 3 heteroatoms. The van der Waals surface area contributed by atoms with Crippen LogP contribution in [0.5, 0.6) is 0 Å². The first-order valence-electron chi connectivity index (χ1n) is 3.61. The number of hydrogen-bond donors (Lipinski definition) is 0. The molecule has 0 aliphatic carbocycles. The van der Waals surface area contributed by atoms with Crippen LogP contribution >= 0.6 is 0 Å². The maximum Gasteiger partial charge on any atom is 0.223 e. The Morgan fingerprint density at radius 3 is 2.18 bits per heavy atom. The highest BCUT2D eigenvalue weighted by atomic mass is 16.7. The summed E-state index contributed by atoms with van der Waals surface area (Å²) >= 11 is 0. The second-order valence-electron chi connectivity index (χ2n) is 3.71. The van der Waals surface area contributed by atoms with Gasteiger partial charge in [-0.3, -0.25) is 4.90 Å². The van der Waals surface area contributed by atoms with Crippen LogP contribution in [-0.4, -0.2) is 17.8 Å². The first-order valence-corrected chi connectivity index (χ1v) is 3.61. The largest absolute Gasteiger partial charge is 0.337 e. The molecular weight excluding hydrogens is 140 g/mol. The van der Waals surface area contributed by atoms with Crippen molar-refractivity contribution in [3.05, 3.63) is 12.5 Å². The Kier molecular flexibility index (Phi) is 1.66. The van der Waals surface area contributed by atoms with E-state index in [1.165, 1.54) is 0 Å². The molecule has 0 aromatic rings. The minimum atomic E-state index is 0.0220. The van der Waals surface area contributed by atoms with Crippen molar-refractivity contribution in [3.63, 3.8) is 0 Å². The van der Waals surface area contributed by atoms with Gasteiger partial charge in [0, 0.05) is 12.5 Å². The molecule has 0 aromatic heterocycles. The molecule has 0 unspecified atom stereocenters. The molecule has 0 bridgehead atoms. The lowest BCUT2D eigenvalue weighted by Gasteiger charge is -2.22. The van der Waals surface area contributed by atoms with E-state index in [1.807, 2.05) is 11.9 Å². The van der Waals surface area contributed by atoms with Gasteiger partial charge >= 0.3 is 0 Å². The number of hydrogen-bond acceptors (Lipinski definition) is 3. The van der Waals surface area contributed by atoms with Crippen molar-refractivity contribution < 1.29 is 4.84 Å². The SMILES string of the molecule is C=C1ON=C(C(C)(C)C)N1C. The van der Waals surface area contributed by atoms with Crippen LogP contribution in [0.4, 0.5) is 0 Å². The molecule has 1 rings (SSSR count). The first kappa shape index (κ1) is 8.11. The van der Waals surface area contributed by atoms with Gasteiger partial charge in [0.15, 0.2) is 5.84 Å². The lowest BCUT2D eigenvalue weighted by atomic mass is 9.94.